The number of nitrogens with zero attached hydrogens (tertiary/aromatic N) is 1. The summed E-state index contributed by atoms with van der Waals surface area (Å²) in [7, 11) is 0. The van der Waals surface area contributed by atoms with Crippen LogP contribution in [0.4, 0.5) is 5.69 Å². The molecule has 1 saturated carbocycles. The van der Waals surface area contributed by atoms with Crippen LogP contribution in [0, 0.1) is 5.92 Å². The fraction of sp³-hybridized carbons (Fsp3) is 0.381. The molecule has 4 rings (SSSR count). The van der Waals surface area contributed by atoms with E-state index in [0.29, 0.717) is 12.5 Å². The summed E-state index contributed by atoms with van der Waals surface area (Å²) in [6.07, 6.45) is 3.37. The average molecular weight is 335 g/mol. The minimum atomic E-state index is -0.309. The number of anilines is 1. The number of rotatable bonds is 6. The number of nitrogens with one attached hydrogen (secondary N) is 1. The van der Waals surface area contributed by atoms with Crippen molar-refractivity contribution in [3.05, 3.63) is 65.7 Å². The van der Waals surface area contributed by atoms with Gasteiger partial charge in [-0.3, -0.25) is 4.79 Å². The molecule has 0 aromatic heterocycles. The van der Waals surface area contributed by atoms with Gasteiger partial charge in [0.25, 0.3) is 0 Å². The van der Waals surface area contributed by atoms with E-state index in [1.165, 1.54) is 18.4 Å². The largest absolute Gasteiger partial charge is 0.355 e. The molecule has 2 aliphatic rings. The lowest BCUT2D eigenvalue weighted by atomic mass is 10.0. The molecule has 25 heavy (non-hydrogen) atoms. The van der Waals surface area contributed by atoms with E-state index in [-0.39, 0.29) is 18.0 Å². The minimum absolute atomic E-state index is 0.0407. The number of fused-ring (bicyclic) bond motifs is 1. The van der Waals surface area contributed by atoms with Crippen molar-refractivity contribution in [1.29, 1.82) is 0 Å². The Bertz CT molecular complexity index is 742. The maximum atomic E-state index is 13.1. The third kappa shape index (κ3) is 3.40. The second-order valence-corrected chi connectivity index (χ2v) is 7.13. The van der Waals surface area contributed by atoms with E-state index in [2.05, 4.69) is 28.4 Å². The number of benzene rings is 2. The van der Waals surface area contributed by atoms with Gasteiger partial charge in [-0.25, -0.2) is 0 Å². The van der Waals surface area contributed by atoms with Gasteiger partial charge in [0.1, 0.15) is 6.04 Å². The topological polar surface area (TPSA) is 58.4 Å². The fourth-order valence-electron chi connectivity index (χ4n) is 3.75. The highest BCUT2D eigenvalue weighted by Gasteiger charge is 2.33. The zero-order valence-corrected chi connectivity index (χ0v) is 14.4. The number of hydrogen-bond donors (Lipinski definition) is 2. The van der Waals surface area contributed by atoms with Crippen LogP contribution in [0.5, 0.6) is 0 Å². The molecule has 1 fully saturated rings. The third-order valence-corrected chi connectivity index (χ3v) is 5.34. The van der Waals surface area contributed by atoms with E-state index in [1.807, 2.05) is 36.4 Å². The molecule has 4 heteroatoms. The van der Waals surface area contributed by atoms with Crippen LogP contribution in [-0.4, -0.2) is 25.0 Å². The highest BCUT2D eigenvalue weighted by atomic mass is 16.2. The summed E-state index contributed by atoms with van der Waals surface area (Å²) >= 11 is 0. The van der Waals surface area contributed by atoms with Crippen LogP contribution < -0.4 is 16.0 Å². The number of hydrogen-bond acceptors (Lipinski definition) is 3. The highest BCUT2D eigenvalue weighted by molar-refractivity contribution is 5.87. The summed E-state index contributed by atoms with van der Waals surface area (Å²) in [5.74, 6) is 0.627. The van der Waals surface area contributed by atoms with Crippen molar-refractivity contribution in [3.8, 4) is 0 Å². The number of nitrogens with two attached hydrogens (primary N) is 1. The molecule has 4 nitrogen and oxygen atoms in total. The van der Waals surface area contributed by atoms with Crippen molar-refractivity contribution in [3.63, 3.8) is 0 Å². The molecule has 1 heterocycles. The van der Waals surface area contributed by atoms with E-state index in [9.17, 15) is 4.79 Å². The Morgan fingerprint density at radius 1 is 1.12 bits per heavy atom. The molecule has 0 bridgehead atoms. The van der Waals surface area contributed by atoms with E-state index in [4.69, 9.17) is 5.73 Å². The Labute approximate surface area is 149 Å². The summed E-state index contributed by atoms with van der Waals surface area (Å²) in [6.45, 7) is 1.42. The Hall–Kier alpha value is -2.33. The first-order chi connectivity index (χ1) is 12.2. The highest BCUT2D eigenvalue weighted by Crippen LogP contribution is 2.35. The van der Waals surface area contributed by atoms with Crippen LogP contribution in [0.15, 0.2) is 54.6 Å². The van der Waals surface area contributed by atoms with Gasteiger partial charge in [-0.2, -0.15) is 0 Å². The maximum Gasteiger partial charge on any atom is 0.247 e. The maximum absolute atomic E-state index is 13.1. The van der Waals surface area contributed by atoms with E-state index in [1.54, 1.807) is 0 Å². The minimum Gasteiger partial charge on any atom is -0.355 e. The van der Waals surface area contributed by atoms with Crippen molar-refractivity contribution in [2.24, 2.45) is 11.7 Å². The van der Waals surface area contributed by atoms with Crippen molar-refractivity contribution < 1.29 is 4.79 Å². The fourth-order valence-corrected chi connectivity index (χ4v) is 3.75. The van der Waals surface area contributed by atoms with Gasteiger partial charge in [-0.05, 0) is 42.4 Å². The van der Waals surface area contributed by atoms with Crippen molar-refractivity contribution >= 4 is 11.6 Å². The van der Waals surface area contributed by atoms with Crippen LogP contribution >= 0.6 is 0 Å². The Morgan fingerprint density at radius 3 is 2.60 bits per heavy atom. The van der Waals surface area contributed by atoms with E-state index in [0.717, 1.165) is 24.2 Å². The molecule has 2 atom stereocenters. The number of amides is 1. The lowest BCUT2D eigenvalue weighted by Gasteiger charge is -2.30. The molecule has 2 aromatic carbocycles. The molecule has 3 N–H and O–H groups in total. The molecule has 2 aromatic rings. The van der Waals surface area contributed by atoms with E-state index < -0.39 is 0 Å². The molecule has 0 saturated heterocycles. The standard InChI is InChI=1S/C21H25N3O/c22-18(15-10-11-15)14-23-21(25)20(17-7-2-1-3-8-17)24-13-12-16-6-4-5-9-19(16)24/h1-9,15,18,20H,10-14,22H2,(H,23,25). The summed E-state index contributed by atoms with van der Waals surface area (Å²) in [5.41, 5.74) is 9.67. The predicted molar refractivity (Wildman–Crippen MR) is 100 cm³/mol. The molecular formula is C21H25N3O. The van der Waals surface area contributed by atoms with Gasteiger partial charge in [0.15, 0.2) is 0 Å². The lowest BCUT2D eigenvalue weighted by Crippen LogP contribution is -2.45. The molecule has 1 amide bonds. The molecular weight excluding hydrogens is 310 g/mol. The summed E-state index contributed by atoms with van der Waals surface area (Å²) in [4.78, 5) is 15.3. The Balaban J connectivity index is 1.58. The van der Waals surface area contributed by atoms with Gasteiger partial charge >= 0.3 is 0 Å². The normalized spacial score (nSPS) is 18.5. The second-order valence-electron chi connectivity index (χ2n) is 7.13. The van der Waals surface area contributed by atoms with Crippen LogP contribution in [0.25, 0.3) is 0 Å². The van der Waals surface area contributed by atoms with Crippen LogP contribution in [-0.2, 0) is 11.2 Å². The molecule has 130 valence electrons. The van der Waals surface area contributed by atoms with Gasteiger partial charge in [-0.1, -0.05) is 48.5 Å². The summed E-state index contributed by atoms with van der Waals surface area (Å²) in [5, 5.41) is 3.10. The first kappa shape index (κ1) is 16.2. The zero-order chi connectivity index (χ0) is 17.2. The molecule has 1 aliphatic heterocycles. The summed E-state index contributed by atoms with van der Waals surface area (Å²) in [6, 6.07) is 18.2. The zero-order valence-electron chi connectivity index (χ0n) is 14.4. The first-order valence-electron chi connectivity index (χ1n) is 9.17. The second kappa shape index (κ2) is 6.89. The smallest absolute Gasteiger partial charge is 0.247 e. The van der Waals surface area contributed by atoms with Gasteiger partial charge in [0, 0.05) is 24.8 Å². The first-order valence-corrected chi connectivity index (χ1v) is 9.17. The lowest BCUT2D eigenvalue weighted by molar-refractivity contribution is -0.122. The van der Waals surface area contributed by atoms with Crippen molar-refractivity contribution in [2.75, 3.05) is 18.0 Å². The monoisotopic (exact) mass is 335 g/mol. The number of para-hydroxylation sites is 1. The summed E-state index contributed by atoms with van der Waals surface area (Å²) < 4.78 is 0. The molecule has 0 radical (unpaired) electrons. The molecule has 0 spiro atoms. The Kier molecular flexibility index (Phi) is 4.45. The van der Waals surface area contributed by atoms with Gasteiger partial charge in [0.05, 0.1) is 0 Å². The van der Waals surface area contributed by atoms with Gasteiger partial charge in [-0.15, -0.1) is 0 Å². The van der Waals surface area contributed by atoms with Crippen molar-refractivity contribution in [2.45, 2.75) is 31.3 Å². The number of carbonyl (C=O) groups excluding carboxylic acids is 1. The quantitative estimate of drug-likeness (QED) is 0.853. The SMILES string of the molecule is NC(CNC(=O)C(c1ccccc1)N1CCc2ccccc21)C1CC1. The van der Waals surface area contributed by atoms with Crippen LogP contribution in [0.1, 0.15) is 30.0 Å². The van der Waals surface area contributed by atoms with Crippen molar-refractivity contribution in [1.82, 2.24) is 5.32 Å². The van der Waals surface area contributed by atoms with Gasteiger partial charge in [0.2, 0.25) is 5.91 Å². The van der Waals surface area contributed by atoms with Gasteiger partial charge < -0.3 is 16.0 Å². The van der Waals surface area contributed by atoms with Crippen LogP contribution in [0.2, 0.25) is 0 Å². The third-order valence-electron chi connectivity index (χ3n) is 5.34. The number of carbonyl (C=O) groups is 1. The van der Waals surface area contributed by atoms with E-state index >= 15 is 0 Å². The van der Waals surface area contributed by atoms with Crippen LogP contribution in [0.3, 0.4) is 0 Å². The molecule has 2 unspecified atom stereocenters. The predicted octanol–water partition coefficient (Wildman–Crippen LogP) is 2.64. The average Bonchev–Trinajstić information content (AvgIpc) is 3.42. The Morgan fingerprint density at radius 2 is 1.84 bits per heavy atom. The molecule has 1 aliphatic carbocycles.